The van der Waals surface area contributed by atoms with E-state index < -0.39 is 6.04 Å². The summed E-state index contributed by atoms with van der Waals surface area (Å²) in [6.07, 6.45) is 7.45. The molecule has 1 aliphatic heterocycles. The quantitative estimate of drug-likeness (QED) is 0.593. The molecule has 1 heterocycles. The lowest BCUT2D eigenvalue weighted by atomic mass is 9.97. The van der Waals surface area contributed by atoms with Crippen molar-refractivity contribution in [1.82, 2.24) is 4.90 Å². The molecule has 6 heteroatoms. The summed E-state index contributed by atoms with van der Waals surface area (Å²) in [5, 5.41) is 8.89. The summed E-state index contributed by atoms with van der Waals surface area (Å²) in [6, 6.07) is 7.57. The molecule has 0 radical (unpaired) electrons. The zero-order valence-electron chi connectivity index (χ0n) is 15.5. The molecule has 0 spiro atoms. The highest BCUT2D eigenvalue weighted by Crippen LogP contribution is 2.27. The molecule has 27 heavy (non-hydrogen) atoms. The third-order valence-corrected chi connectivity index (χ3v) is 5.22. The minimum absolute atomic E-state index is 0.00252. The first kappa shape index (κ1) is 18.8. The Labute approximate surface area is 159 Å². The summed E-state index contributed by atoms with van der Waals surface area (Å²) >= 11 is 0. The predicted molar refractivity (Wildman–Crippen MR) is 101 cm³/mol. The Morgan fingerprint density at radius 3 is 2.59 bits per heavy atom. The Hall–Kier alpha value is -2.94. The van der Waals surface area contributed by atoms with Crippen molar-refractivity contribution in [3.8, 4) is 6.07 Å². The van der Waals surface area contributed by atoms with Crippen molar-refractivity contribution < 1.29 is 14.4 Å². The molecule has 1 aromatic rings. The van der Waals surface area contributed by atoms with Crippen molar-refractivity contribution in [2.75, 3.05) is 11.4 Å². The summed E-state index contributed by atoms with van der Waals surface area (Å²) < 4.78 is 0. The first-order valence-electron chi connectivity index (χ1n) is 9.33. The van der Waals surface area contributed by atoms with Gasteiger partial charge in [-0.15, -0.1) is 0 Å². The standard InChI is InChI=1S/C21H23N3O3/c1-15(25)23(12-11-16-5-3-2-4-6-16)19-13-20(26)24(21(19)27)18-9-7-17(14-22)8-10-18/h5,7-10,19H,2-4,6,11-13H2,1H3. The topological polar surface area (TPSA) is 81.5 Å². The predicted octanol–water partition coefficient (Wildman–Crippen LogP) is 2.93. The molecule has 1 atom stereocenters. The molecule has 6 nitrogen and oxygen atoms in total. The highest BCUT2D eigenvalue weighted by molar-refractivity contribution is 6.23. The second-order valence-corrected chi connectivity index (χ2v) is 7.02. The monoisotopic (exact) mass is 365 g/mol. The summed E-state index contributed by atoms with van der Waals surface area (Å²) in [7, 11) is 0. The SMILES string of the molecule is CC(=O)N(CCC1=CCCCC1)C1CC(=O)N(c2ccc(C#N)cc2)C1=O. The Morgan fingerprint density at radius 1 is 1.26 bits per heavy atom. The maximum atomic E-state index is 12.9. The molecule has 1 unspecified atom stereocenters. The van der Waals surface area contributed by atoms with Crippen LogP contribution in [-0.4, -0.2) is 35.2 Å². The van der Waals surface area contributed by atoms with Crippen LogP contribution in [-0.2, 0) is 14.4 Å². The minimum Gasteiger partial charge on any atom is -0.330 e. The van der Waals surface area contributed by atoms with Crippen LogP contribution < -0.4 is 4.90 Å². The van der Waals surface area contributed by atoms with Gasteiger partial charge in [-0.2, -0.15) is 5.26 Å². The Bertz CT molecular complexity index is 820. The summed E-state index contributed by atoms with van der Waals surface area (Å²) in [4.78, 5) is 40.2. The van der Waals surface area contributed by atoms with Crippen LogP contribution in [0.25, 0.3) is 0 Å². The van der Waals surface area contributed by atoms with Crippen molar-refractivity contribution in [3.05, 3.63) is 41.5 Å². The highest BCUT2D eigenvalue weighted by Gasteiger charge is 2.43. The molecule has 0 saturated carbocycles. The van der Waals surface area contributed by atoms with E-state index in [1.54, 1.807) is 24.3 Å². The minimum atomic E-state index is -0.755. The van der Waals surface area contributed by atoms with E-state index in [4.69, 9.17) is 5.26 Å². The van der Waals surface area contributed by atoms with Gasteiger partial charge >= 0.3 is 0 Å². The summed E-state index contributed by atoms with van der Waals surface area (Å²) in [6.45, 7) is 1.89. The van der Waals surface area contributed by atoms with Gasteiger partial charge in [-0.3, -0.25) is 14.4 Å². The van der Waals surface area contributed by atoms with Crippen LogP contribution in [0.1, 0.15) is 51.0 Å². The molecule has 0 aromatic heterocycles. The maximum absolute atomic E-state index is 12.9. The van der Waals surface area contributed by atoms with E-state index in [1.807, 2.05) is 6.07 Å². The fourth-order valence-corrected chi connectivity index (χ4v) is 3.74. The van der Waals surface area contributed by atoms with Crippen LogP contribution in [0.15, 0.2) is 35.9 Å². The highest BCUT2D eigenvalue weighted by atomic mass is 16.2. The van der Waals surface area contributed by atoms with Gasteiger partial charge in [0.15, 0.2) is 0 Å². The first-order chi connectivity index (χ1) is 13.0. The average molecular weight is 365 g/mol. The molecule has 1 fully saturated rings. The molecule has 3 rings (SSSR count). The number of benzene rings is 1. The second-order valence-electron chi connectivity index (χ2n) is 7.02. The molecule has 1 aliphatic carbocycles. The number of hydrogen-bond donors (Lipinski definition) is 0. The lowest BCUT2D eigenvalue weighted by Gasteiger charge is -2.27. The van der Waals surface area contributed by atoms with Crippen LogP contribution >= 0.6 is 0 Å². The van der Waals surface area contributed by atoms with Crippen molar-refractivity contribution in [1.29, 1.82) is 5.26 Å². The third kappa shape index (κ3) is 4.08. The zero-order valence-corrected chi connectivity index (χ0v) is 15.5. The number of carbonyl (C=O) groups is 3. The lowest BCUT2D eigenvalue weighted by molar-refractivity contribution is -0.136. The molecule has 140 valence electrons. The molecule has 1 aromatic carbocycles. The van der Waals surface area contributed by atoms with Gasteiger partial charge in [0.1, 0.15) is 6.04 Å². The number of allylic oxidation sites excluding steroid dienone is 1. The molecule has 3 amide bonds. The number of nitrogens with zero attached hydrogens (tertiary/aromatic N) is 3. The van der Waals surface area contributed by atoms with E-state index in [0.29, 0.717) is 17.8 Å². The normalized spacial score (nSPS) is 19.6. The van der Waals surface area contributed by atoms with E-state index in [0.717, 1.165) is 24.2 Å². The Kier molecular flexibility index (Phi) is 5.70. The number of anilines is 1. The van der Waals surface area contributed by atoms with Gasteiger partial charge in [0.2, 0.25) is 11.8 Å². The molecule has 0 N–H and O–H groups in total. The molecular formula is C21H23N3O3. The zero-order chi connectivity index (χ0) is 19.4. The largest absolute Gasteiger partial charge is 0.330 e. The summed E-state index contributed by atoms with van der Waals surface area (Å²) in [5.74, 6) is -0.894. The smallest absolute Gasteiger partial charge is 0.257 e. The van der Waals surface area contributed by atoms with E-state index in [2.05, 4.69) is 6.08 Å². The summed E-state index contributed by atoms with van der Waals surface area (Å²) in [5.41, 5.74) is 2.22. The van der Waals surface area contributed by atoms with Crippen LogP contribution in [0.5, 0.6) is 0 Å². The Balaban J connectivity index is 1.75. The second kappa shape index (κ2) is 8.17. The van der Waals surface area contributed by atoms with Gasteiger partial charge < -0.3 is 4.90 Å². The lowest BCUT2D eigenvalue weighted by Crippen LogP contribution is -2.45. The molecular weight excluding hydrogens is 342 g/mol. The fraction of sp³-hybridized carbons (Fsp3) is 0.429. The van der Waals surface area contributed by atoms with E-state index >= 15 is 0 Å². The molecule has 1 saturated heterocycles. The van der Waals surface area contributed by atoms with Crippen LogP contribution in [0, 0.1) is 11.3 Å². The average Bonchev–Trinajstić information content (AvgIpc) is 2.97. The van der Waals surface area contributed by atoms with Gasteiger partial charge in [-0.1, -0.05) is 11.6 Å². The van der Waals surface area contributed by atoms with Crippen LogP contribution in [0.3, 0.4) is 0 Å². The van der Waals surface area contributed by atoms with Crippen molar-refractivity contribution >= 4 is 23.4 Å². The molecule has 2 aliphatic rings. The first-order valence-corrected chi connectivity index (χ1v) is 9.33. The van der Waals surface area contributed by atoms with Crippen molar-refractivity contribution in [3.63, 3.8) is 0 Å². The van der Waals surface area contributed by atoms with E-state index in [-0.39, 0.29) is 24.1 Å². The third-order valence-electron chi connectivity index (χ3n) is 5.22. The Morgan fingerprint density at radius 2 is 2.00 bits per heavy atom. The fourth-order valence-electron chi connectivity index (χ4n) is 3.74. The van der Waals surface area contributed by atoms with E-state index in [1.165, 1.54) is 30.2 Å². The van der Waals surface area contributed by atoms with Gasteiger partial charge in [-0.05, 0) is 56.4 Å². The number of carbonyl (C=O) groups excluding carboxylic acids is 3. The number of rotatable bonds is 5. The van der Waals surface area contributed by atoms with Crippen molar-refractivity contribution in [2.45, 2.75) is 51.5 Å². The number of imide groups is 1. The van der Waals surface area contributed by atoms with E-state index in [9.17, 15) is 14.4 Å². The van der Waals surface area contributed by atoms with Crippen LogP contribution in [0.4, 0.5) is 5.69 Å². The van der Waals surface area contributed by atoms with Crippen LogP contribution in [0.2, 0.25) is 0 Å². The van der Waals surface area contributed by atoms with Gasteiger partial charge in [-0.25, -0.2) is 4.90 Å². The van der Waals surface area contributed by atoms with Gasteiger partial charge in [0.05, 0.1) is 23.7 Å². The van der Waals surface area contributed by atoms with Gasteiger partial charge in [0.25, 0.3) is 5.91 Å². The van der Waals surface area contributed by atoms with Crippen molar-refractivity contribution in [2.24, 2.45) is 0 Å². The number of hydrogen-bond acceptors (Lipinski definition) is 4. The molecule has 0 bridgehead atoms. The maximum Gasteiger partial charge on any atom is 0.257 e. The number of nitriles is 1. The number of amides is 3. The van der Waals surface area contributed by atoms with Gasteiger partial charge in [0, 0.05) is 13.5 Å².